The van der Waals surface area contributed by atoms with Gasteiger partial charge in [0, 0.05) is 29.8 Å². The molecule has 0 fully saturated rings. The van der Waals surface area contributed by atoms with Crippen molar-refractivity contribution in [1.82, 2.24) is 9.88 Å². The number of aliphatic hydroxyl groups is 1. The van der Waals surface area contributed by atoms with E-state index < -0.39 is 71.5 Å². The summed E-state index contributed by atoms with van der Waals surface area (Å²) in [5, 5.41) is 23.0. The molecule has 0 saturated carbocycles. The van der Waals surface area contributed by atoms with Crippen molar-refractivity contribution in [2.45, 2.75) is 49.2 Å². The molecule has 2 heterocycles. The minimum atomic E-state index is -4.86. The Morgan fingerprint density at radius 2 is 1.77 bits per heavy atom. The summed E-state index contributed by atoms with van der Waals surface area (Å²) in [7, 11) is 1.26. The average Bonchev–Trinajstić information content (AvgIpc) is 3.45. The van der Waals surface area contributed by atoms with Crippen LogP contribution in [0, 0.1) is 18.6 Å². The maximum absolute atomic E-state index is 15.8. The lowest BCUT2D eigenvalue weighted by Gasteiger charge is -2.29. The second-order valence-corrected chi connectivity index (χ2v) is 12.2. The topological polar surface area (TPSA) is 101 Å². The van der Waals surface area contributed by atoms with Crippen LogP contribution < -0.4 is 15.6 Å². The zero-order valence-electron chi connectivity index (χ0n) is 25.3. The van der Waals surface area contributed by atoms with Crippen LogP contribution in [0.15, 0.2) is 76.6 Å². The number of carboxylic acids is 1. The number of fused-ring (bicyclic) bond motifs is 1. The highest BCUT2D eigenvalue weighted by Crippen LogP contribution is 2.45. The standard InChI is InChI=1S/C34H31F5N2O5S/c1-18-22(15-23-24(34(37,38)39)11-7-12-25(23)35)33-41(32(45)29(18)21-10-6-13-27(46-2)30(21)36)26(17-47-33)31(19-8-4-3-5-9-19)40-16-20(42)14-28(43)44/h3-13,20,26,31,40,42H,14-17H2,1-2H3,(H,43,44). The van der Waals surface area contributed by atoms with Gasteiger partial charge in [-0.05, 0) is 41.8 Å². The van der Waals surface area contributed by atoms with Gasteiger partial charge in [-0.15, -0.1) is 11.8 Å². The van der Waals surface area contributed by atoms with E-state index in [9.17, 15) is 27.9 Å². The third-order valence-electron chi connectivity index (χ3n) is 8.22. The van der Waals surface area contributed by atoms with E-state index in [1.807, 2.05) is 0 Å². The van der Waals surface area contributed by atoms with Gasteiger partial charge >= 0.3 is 12.1 Å². The van der Waals surface area contributed by atoms with Gasteiger partial charge in [0.25, 0.3) is 5.56 Å². The predicted molar refractivity (Wildman–Crippen MR) is 167 cm³/mol. The Bertz CT molecular complexity index is 1850. The fourth-order valence-electron chi connectivity index (χ4n) is 6.01. The monoisotopic (exact) mass is 674 g/mol. The van der Waals surface area contributed by atoms with Crippen LogP contribution in [0.5, 0.6) is 5.75 Å². The number of nitrogens with zero attached hydrogens (tertiary/aromatic N) is 1. The van der Waals surface area contributed by atoms with Crippen molar-refractivity contribution in [1.29, 1.82) is 0 Å². The number of methoxy groups -OCH3 is 1. The Kier molecular flexibility index (Phi) is 10.1. The number of carbonyl (C=O) groups is 1. The molecule has 3 unspecified atom stereocenters. The first kappa shape index (κ1) is 34.1. The molecule has 1 aliphatic rings. The van der Waals surface area contributed by atoms with Crippen LogP contribution >= 0.6 is 11.8 Å². The van der Waals surface area contributed by atoms with Crippen LogP contribution in [0.4, 0.5) is 22.0 Å². The van der Waals surface area contributed by atoms with Crippen molar-refractivity contribution >= 4 is 17.7 Å². The molecule has 0 spiro atoms. The number of nitrogens with one attached hydrogen (secondary N) is 1. The Morgan fingerprint density at radius 3 is 2.43 bits per heavy atom. The summed E-state index contributed by atoms with van der Waals surface area (Å²) in [5.41, 5.74) is -1.54. The summed E-state index contributed by atoms with van der Waals surface area (Å²) < 4.78 is 79.7. The molecule has 0 radical (unpaired) electrons. The van der Waals surface area contributed by atoms with Gasteiger partial charge in [-0.1, -0.05) is 48.5 Å². The molecule has 0 bridgehead atoms. The van der Waals surface area contributed by atoms with Gasteiger partial charge in [0.2, 0.25) is 0 Å². The van der Waals surface area contributed by atoms with E-state index in [-0.39, 0.29) is 40.3 Å². The first-order valence-electron chi connectivity index (χ1n) is 14.6. The molecule has 3 atom stereocenters. The van der Waals surface area contributed by atoms with Crippen LogP contribution in [0.1, 0.15) is 46.3 Å². The van der Waals surface area contributed by atoms with Crippen LogP contribution in [-0.4, -0.2) is 46.3 Å². The SMILES string of the molecule is COc1cccc(-c2c(C)c(Cc3c(F)cccc3C(F)(F)F)c3n(c2=O)C(C(NCC(O)CC(=O)O)c2ccccc2)CS3)c1F. The van der Waals surface area contributed by atoms with E-state index in [4.69, 9.17) is 9.84 Å². The molecule has 47 heavy (non-hydrogen) atoms. The first-order chi connectivity index (χ1) is 22.3. The van der Waals surface area contributed by atoms with Gasteiger partial charge in [-0.2, -0.15) is 13.2 Å². The van der Waals surface area contributed by atoms with Gasteiger partial charge in [-0.25, -0.2) is 8.78 Å². The summed E-state index contributed by atoms with van der Waals surface area (Å²) >= 11 is 1.20. The predicted octanol–water partition coefficient (Wildman–Crippen LogP) is 6.53. The molecule has 1 aromatic heterocycles. The lowest BCUT2D eigenvalue weighted by Crippen LogP contribution is -2.39. The molecule has 0 aliphatic carbocycles. The highest BCUT2D eigenvalue weighted by Gasteiger charge is 2.39. The summed E-state index contributed by atoms with van der Waals surface area (Å²) in [6.45, 7) is 1.35. The third-order valence-corrected chi connectivity index (χ3v) is 9.44. The summed E-state index contributed by atoms with van der Waals surface area (Å²) in [5.74, 6) is -3.04. The fourth-order valence-corrected chi connectivity index (χ4v) is 7.44. The molecule has 0 saturated heterocycles. The Labute approximate surface area is 271 Å². The van der Waals surface area contributed by atoms with Crippen LogP contribution in [0.2, 0.25) is 0 Å². The largest absolute Gasteiger partial charge is 0.494 e. The lowest BCUT2D eigenvalue weighted by molar-refractivity contribution is -0.139. The number of carboxylic acid groups (broad SMARTS) is 1. The number of alkyl halides is 3. The van der Waals surface area contributed by atoms with E-state index in [0.717, 1.165) is 18.2 Å². The Hall–Kier alpha value is -4.20. The molecule has 3 aromatic carbocycles. The second-order valence-electron chi connectivity index (χ2n) is 11.1. The number of ether oxygens (including phenoxy) is 1. The van der Waals surface area contributed by atoms with Gasteiger partial charge in [0.15, 0.2) is 11.6 Å². The average molecular weight is 675 g/mol. The lowest BCUT2D eigenvalue weighted by atomic mass is 9.91. The van der Waals surface area contributed by atoms with E-state index >= 15 is 8.78 Å². The number of rotatable bonds is 11. The van der Waals surface area contributed by atoms with Gasteiger partial charge in [0.1, 0.15) is 5.82 Å². The highest BCUT2D eigenvalue weighted by atomic mass is 32.2. The summed E-state index contributed by atoms with van der Waals surface area (Å²) in [6, 6.07) is 14.4. The first-order valence-corrected chi connectivity index (χ1v) is 15.6. The number of pyridine rings is 1. The number of aromatic nitrogens is 1. The van der Waals surface area contributed by atoms with Gasteiger partial charge in [-0.3, -0.25) is 14.2 Å². The smallest absolute Gasteiger partial charge is 0.416 e. The third kappa shape index (κ3) is 6.92. The summed E-state index contributed by atoms with van der Waals surface area (Å²) in [4.78, 5) is 25.7. The van der Waals surface area contributed by atoms with Crippen molar-refractivity contribution in [3.63, 3.8) is 0 Å². The molecule has 7 nitrogen and oxygen atoms in total. The highest BCUT2D eigenvalue weighted by molar-refractivity contribution is 7.99. The number of hydrogen-bond donors (Lipinski definition) is 3. The number of aliphatic carboxylic acids is 1. The van der Waals surface area contributed by atoms with Crippen LogP contribution in [0.25, 0.3) is 11.1 Å². The quantitative estimate of drug-likeness (QED) is 0.156. The normalized spacial score (nSPS) is 15.7. The van der Waals surface area contributed by atoms with Crippen molar-refractivity contribution in [3.05, 3.63) is 117 Å². The molecule has 3 N–H and O–H groups in total. The van der Waals surface area contributed by atoms with Gasteiger partial charge < -0.3 is 20.3 Å². The van der Waals surface area contributed by atoms with Crippen molar-refractivity contribution in [3.8, 4) is 16.9 Å². The van der Waals surface area contributed by atoms with Crippen molar-refractivity contribution < 1.29 is 41.7 Å². The Balaban J connectivity index is 1.75. The zero-order valence-corrected chi connectivity index (χ0v) is 26.1. The molecular weight excluding hydrogens is 643 g/mol. The Morgan fingerprint density at radius 1 is 1.06 bits per heavy atom. The fraction of sp³-hybridized carbons (Fsp3) is 0.294. The van der Waals surface area contributed by atoms with Crippen LogP contribution in [0.3, 0.4) is 0 Å². The van der Waals surface area contributed by atoms with E-state index in [2.05, 4.69) is 5.32 Å². The number of halogens is 5. The van der Waals surface area contributed by atoms with Crippen molar-refractivity contribution in [2.75, 3.05) is 19.4 Å². The minimum absolute atomic E-state index is 0.115. The molecule has 13 heteroatoms. The number of aliphatic hydroxyl groups excluding tert-OH is 1. The molecule has 248 valence electrons. The maximum atomic E-state index is 15.8. The van der Waals surface area contributed by atoms with E-state index in [0.29, 0.717) is 10.6 Å². The number of thioether (sulfide) groups is 1. The maximum Gasteiger partial charge on any atom is 0.416 e. The van der Waals surface area contributed by atoms with E-state index in [1.165, 1.54) is 48.6 Å². The van der Waals surface area contributed by atoms with Crippen LogP contribution in [-0.2, 0) is 17.4 Å². The molecular formula is C34H31F5N2O5S. The molecule has 1 aliphatic heterocycles. The number of hydrogen-bond acceptors (Lipinski definition) is 6. The molecule has 4 aromatic rings. The summed E-state index contributed by atoms with van der Waals surface area (Å²) in [6.07, 6.45) is -7.20. The molecule has 5 rings (SSSR count). The number of benzene rings is 3. The van der Waals surface area contributed by atoms with Crippen molar-refractivity contribution in [2.24, 2.45) is 0 Å². The second kappa shape index (κ2) is 13.9. The molecule has 0 amide bonds. The van der Waals surface area contributed by atoms with E-state index in [1.54, 1.807) is 30.3 Å². The zero-order chi connectivity index (χ0) is 34.0. The van der Waals surface area contributed by atoms with Gasteiger partial charge in [0.05, 0.1) is 47.9 Å². The minimum Gasteiger partial charge on any atom is -0.494 e.